The second kappa shape index (κ2) is 9.60. The molecule has 8 heteroatoms. The summed E-state index contributed by atoms with van der Waals surface area (Å²) in [4.78, 5) is 12.5. The van der Waals surface area contributed by atoms with Crippen LogP contribution in [0.15, 0.2) is 59.0 Å². The highest BCUT2D eigenvalue weighted by molar-refractivity contribution is 14.1. The van der Waals surface area contributed by atoms with Crippen molar-refractivity contribution in [2.45, 2.75) is 6.61 Å². The summed E-state index contributed by atoms with van der Waals surface area (Å²) < 4.78 is 21.3. The lowest BCUT2D eigenvalue weighted by atomic mass is 10.2. The molecule has 3 aromatic rings. The van der Waals surface area contributed by atoms with Gasteiger partial charge in [0.25, 0.3) is 5.91 Å². The number of hydrogen-bond acceptors (Lipinski definition) is 4. The zero-order chi connectivity index (χ0) is 19.2. The Morgan fingerprint density at radius 3 is 2.59 bits per heavy atom. The molecule has 3 rings (SSSR count). The third-order valence-corrected chi connectivity index (χ3v) is 5.95. The SMILES string of the molecule is O=C(N/N=C\c1cc(I)c(OCc2ccccc2F)c(I)c1)c1cccs1. The van der Waals surface area contributed by atoms with Crippen molar-refractivity contribution in [2.75, 3.05) is 0 Å². The molecule has 0 saturated carbocycles. The minimum Gasteiger partial charge on any atom is -0.487 e. The maximum Gasteiger partial charge on any atom is 0.281 e. The van der Waals surface area contributed by atoms with Gasteiger partial charge in [-0.2, -0.15) is 5.10 Å². The third-order valence-electron chi connectivity index (χ3n) is 3.48. The van der Waals surface area contributed by atoms with Gasteiger partial charge in [-0.15, -0.1) is 11.3 Å². The quantitative estimate of drug-likeness (QED) is 0.231. The number of hydrogen-bond donors (Lipinski definition) is 1. The van der Waals surface area contributed by atoms with E-state index in [0.717, 1.165) is 12.7 Å². The number of nitrogens with one attached hydrogen (secondary N) is 1. The number of hydrazone groups is 1. The van der Waals surface area contributed by atoms with Crippen LogP contribution in [0.25, 0.3) is 0 Å². The summed E-state index contributed by atoms with van der Waals surface area (Å²) in [6.45, 7) is 0.156. The first-order valence-electron chi connectivity index (χ1n) is 7.77. The zero-order valence-corrected chi connectivity index (χ0v) is 18.9. The van der Waals surface area contributed by atoms with E-state index < -0.39 is 0 Å². The van der Waals surface area contributed by atoms with E-state index >= 15 is 0 Å². The topological polar surface area (TPSA) is 50.7 Å². The summed E-state index contributed by atoms with van der Waals surface area (Å²) in [6.07, 6.45) is 1.58. The predicted molar refractivity (Wildman–Crippen MR) is 122 cm³/mol. The normalized spacial score (nSPS) is 10.9. The number of nitrogens with zero attached hydrogens (tertiary/aromatic N) is 1. The largest absolute Gasteiger partial charge is 0.487 e. The fourth-order valence-electron chi connectivity index (χ4n) is 2.19. The number of carbonyl (C=O) groups is 1. The molecule has 0 bridgehead atoms. The van der Waals surface area contributed by atoms with Gasteiger partial charge in [0.05, 0.1) is 18.2 Å². The Labute approximate surface area is 187 Å². The van der Waals surface area contributed by atoms with Crippen molar-refractivity contribution in [3.05, 3.63) is 82.9 Å². The molecule has 0 radical (unpaired) electrons. The molecule has 0 spiro atoms. The Morgan fingerprint density at radius 1 is 1.19 bits per heavy atom. The third kappa shape index (κ3) is 5.48. The molecule has 1 N–H and O–H groups in total. The van der Waals surface area contributed by atoms with Crippen LogP contribution in [0.1, 0.15) is 20.8 Å². The van der Waals surface area contributed by atoms with Crippen LogP contribution < -0.4 is 10.2 Å². The van der Waals surface area contributed by atoms with E-state index in [1.807, 2.05) is 23.6 Å². The molecule has 27 heavy (non-hydrogen) atoms. The number of ether oxygens (including phenoxy) is 1. The van der Waals surface area contributed by atoms with E-state index in [2.05, 4.69) is 55.7 Å². The average Bonchev–Trinajstić information content (AvgIpc) is 3.17. The Kier molecular flexibility index (Phi) is 7.19. The van der Waals surface area contributed by atoms with Gasteiger partial charge in [0, 0.05) is 5.56 Å². The number of amides is 1. The highest BCUT2D eigenvalue weighted by Gasteiger charge is 2.10. The highest BCUT2D eigenvalue weighted by Crippen LogP contribution is 2.29. The highest BCUT2D eigenvalue weighted by atomic mass is 127. The molecule has 2 aromatic carbocycles. The molecule has 4 nitrogen and oxygen atoms in total. The lowest BCUT2D eigenvalue weighted by molar-refractivity contribution is 0.0959. The van der Waals surface area contributed by atoms with Gasteiger partial charge < -0.3 is 4.74 Å². The molecule has 0 aliphatic carbocycles. The van der Waals surface area contributed by atoms with Gasteiger partial charge in [-0.1, -0.05) is 24.3 Å². The molecule has 0 aliphatic heterocycles. The summed E-state index contributed by atoms with van der Waals surface area (Å²) in [6, 6.07) is 13.9. The maximum absolute atomic E-state index is 13.7. The van der Waals surface area contributed by atoms with Crippen molar-refractivity contribution in [3.8, 4) is 5.75 Å². The van der Waals surface area contributed by atoms with Crippen molar-refractivity contribution < 1.29 is 13.9 Å². The van der Waals surface area contributed by atoms with Gasteiger partial charge >= 0.3 is 0 Å². The summed E-state index contributed by atoms with van der Waals surface area (Å²) >= 11 is 5.69. The Morgan fingerprint density at radius 2 is 1.93 bits per heavy atom. The fourth-order valence-corrected chi connectivity index (χ4v) is 4.93. The Bertz CT molecular complexity index is 955. The zero-order valence-electron chi connectivity index (χ0n) is 13.8. The number of benzene rings is 2. The first-order chi connectivity index (χ1) is 13.0. The van der Waals surface area contributed by atoms with Gasteiger partial charge in [0.15, 0.2) is 0 Å². The lowest BCUT2D eigenvalue weighted by Gasteiger charge is -2.12. The first kappa shape index (κ1) is 20.2. The number of thiophene rings is 1. The molecule has 0 unspecified atom stereocenters. The Hall–Kier alpha value is -1.53. The molecule has 0 saturated heterocycles. The van der Waals surface area contributed by atoms with Crippen molar-refractivity contribution in [1.82, 2.24) is 5.43 Å². The van der Waals surface area contributed by atoms with Crippen LogP contribution in [-0.4, -0.2) is 12.1 Å². The van der Waals surface area contributed by atoms with Gasteiger partial charge in [0.2, 0.25) is 0 Å². The molecule has 0 aliphatic rings. The van der Waals surface area contributed by atoms with Crippen LogP contribution in [0, 0.1) is 13.0 Å². The first-order valence-corrected chi connectivity index (χ1v) is 10.8. The molecular weight excluding hydrogens is 593 g/mol. The summed E-state index contributed by atoms with van der Waals surface area (Å²) in [5.41, 5.74) is 3.84. The predicted octanol–water partition coefficient (Wildman–Crippen LogP) is 5.44. The van der Waals surface area contributed by atoms with Crippen molar-refractivity contribution >= 4 is 68.6 Å². The molecule has 0 atom stereocenters. The van der Waals surface area contributed by atoms with Crippen LogP contribution in [-0.2, 0) is 6.61 Å². The maximum atomic E-state index is 13.7. The standard InChI is InChI=1S/C19H13FI2N2O2S/c20-14-5-2-1-4-13(14)11-26-18-15(21)8-12(9-16(18)22)10-23-24-19(25)17-6-3-7-27-17/h1-10H,11H2,(H,24,25)/b23-10-. The van der Waals surface area contributed by atoms with E-state index in [0.29, 0.717) is 16.2 Å². The van der Waals surface area contributed by atoms with E-state index in [1.165, 1.54) is 17.4 Å². The molecule has 0 fully saturated rings. The number of carbonyl (C=O) groups excluding carboxylic acids is 1. The number of rotatable bonds is 6. The van der Waals surface area contributed by atoms with Crippen LogP contribution in [0.5, 0.6) is 5.75 Å². The van der Waals surface area contributed by atoms with E-state index in [1.54, 1.807) is 30.5 Å². The lowest BCUT2D eigenvalue weighted by Crippen LogP contribution is -2.16. The van der Waals surface area contributed by atoms with Crippen molar-refractivity contribution in [3.63, 3.8) is 0 Å². The van der Waals surface area contributed by atoms with Crippen molar-refractivity contribution in [2.24, 2.45) is 5.10 Å². The average molecular weight is 606 g/mol. The van der Waals surface area contributed by atoms with Crippen LogP contribution in [0.3, 0.4) is 0 Å². The second-order valence-electron chi connectivity index (χ2n) is 5.37. The van der Waals surface area contributed by atoms with E-state index in [-0.39, 0.29) is 18.3 Å². The van der Waals surface area contributed by atoms with Gasteiger partial charge in [-0.25, -0.2) is 9.82 Å². The monoisotopic (exact) mass is 606 g/mol. The van der Waals surface area contributed by atoms with E-state index in [4.69, 9.17) is 4.74 Å². The summed E-state index contributed by atoms with van der Waals surface area (Å²) in [5.74, 6) is 0.169. The second-order valence-corrected chi connectivity index (χ2v) is 8.64. The van der Waals surface area contributed by atoms with E-state index in [9.17, 15) is 9.18 Å². The van der Waals surface area contributed by atoms with Crippen LogP contribution in [0.4, 0.5) is 4.39 Å². The summed E-state index contributed by atoms with van der Waals surface area (Å²) in [5, 5.41) is 5.84. The van der Waals surface area contributed by atoms with Gasteiger partial charge in [-0.05, 0) is 80.4 Å². The minimum atomic E-state index is -0.284. The summed E-state index contributed by atoms with van der Waals surface area (Å²) in [7, 11) is 0. The van der Waals surface area contributed by atoms with Gasteiger partial charge in [-0.3, -0.25) is 4.79 Å². The molecule has 1 aromatic heterocycles. The van der Waals surface area contributed by atoms with Crippen LogP contribution >= 0.6 is 56.5 Å². The van der Waals surface area contributed by atoms with Crippen molar-refractivity contribution in [1.29, 1.82) is 0 Å². The minimum absolute atomic E-state index is 0.156. The van der Waals surface area contributed by atoms with Crippen LogP contribution in [0.2, 0.25) is 0 Å². The molecule has 1 heterocycles. The van der Waals surface area contributed by atoms with Gasteiger partial charge in [0.1, 0.15) is 18.2 Å². The number of halogens is 3. The molecular formula is C19H13FI2N2O2S. The Balaban J connectivity index is 1.66. The molecule has 138 valence electrons. The smallest absolute Gasteiger partial charge is 0.281 e. The fraction of sp³-hybridized carbons (Fsp3) is 0.0526. The molecule has 1 amide bonds.